The molecule has 0 aliphatic carbocycles. The topological polar surface area (TPSA) is 93.2 Å². The first kappa shape index (κ1) is 18.4. The van der Waals surface area contributed by atoms with Crippen LogP contribution in [-0.4, -0.2) is 44.4 Å². The van der Waals surface area contributed by atoms with Crippen molar-refractivity contribution in [1.82, 2.24) is 19.2 Å². The molecule has 0 bridgehead atoms. The number of ether oxygens (including phenoxy) is 1. The molecular formula is C20H23N5O3. The summed E-state index contributed by atoms with van der Waals surface area (Å²) in [6, 6.07) is 5.57. The minimum atomic E-state index is -0.268. The third-order valence-corrected chi connectivity index (χ3v) is 5.43. The van der Waals surface area contributed by atoms with Gasteiger partial charge >= 0.3 is 0 Å². The standard InChI is InChI=1S/C20H23N5O3/c1-14-5-8-24(13-17-4-2-9-28-17)20(27)18(14)19(26)23-6-3-7-25-16(12-23)10-15(11-21)22-25/h5,8,10,17H,2-4,6-7,9,12-13H2,1H3. The van der Waals surface area contributed by atoms with Crippen LogP contribution in [0.15, 0.2) is 23.1 Å². The third-order valence-electron chi connectivity index (χ3n) is 5.43. The molecular weight excluding hydrogens is 358 g/mol. The third kappa shape index (κ3) is 3.45. The van der Waals surface area contributed by atoms with Crippen molar-refractivity contribution >= 4 is 5.91 Å². The van der Waals surface area contributed by atoms with Gasteiger partial charge in [0.25, 0.3) is 11.5 Å². The Balaban J connectivity index is 1.62. The molecule has 0 aromatic carbocycles. The van der Waals surface area contributed by atoms with E-state index in [1.165, 1.54) is 0 Å². The van der Waals surface area contributed by atoms with Crippen LogP contribution < -0.4 is 5.56 Å². The van der Waals surface area contributed by atoms with Gasteiger partial charge in [-0.15, -0.1) is 0 Å². The highest BCUT2D eigenvalue weighted by Gasteiger charge is 2.26. The second-order valence-electron chi connectivity index (χ2n) is 7.40. The first-order chi connectivity index (χ1) is 13.6. The second kappa shape index (κ2) is 7.60. The highest BCUT2D eigenvalue weighted by molar-refractivity contribution is 5.95. The molecule has 0 N–H and O–H groups in total. The van der Waals surface area contributed by atoms with Crippen LogP contribution in [0.5, 0.6) is 0 Å². The largest absolute Gasteiger partial charge is 0.376 e. The molecule has 2 aromatic rings. The average Bonchev–Trinajstić information content (AvgIpc) is 3.29. The SMILES string of the molecule is Cc1ccn(CC2CCCO2)c(=O)c1C(=O)N1CCCn2nc(C#N)cc2C1. The van der Waals surface area contributed by atoms with Gasteiger partial charge < -0.3 is 14.2 Å². The second-order valence-corrected chi connectivity index (χ2v) is 7.40. The van der Waals surface area contributed by atoms with Gasteiger partial charge in [0.05, 0.1) is 24.9 Å². The molecule has 0 radical (unpaired) electrons. The number of rotatable bonds is 3. The molecule has 8 heteroatoms. The number of nitrogens with zero attached hydrogens (tertiary/aromatic N) is 5. The van der Waals surface area contributed by atoms with Crippen molar-refractivity contribution in [2.75, 3.05) is 13.2 Å². The maximum Gasteiger partial charge on any atom is 0.263 e. The van der Waals surface area contributed by atoms with Gasteiger partial charge in [0.15, 0.2) is 5.69 Å². The molecule has 1 saturated heterocycles. The first-order valence-electron chi connectivity index (χ1n) is 9.64. The summed E-state index contributed by atoms with van der Waals surface area (Å²) in [6.07, 6.45) is 4.43. The Bertz CT molecular complexity index is 994. The minimum absolute atomic E-state index is 0.0281. The fourth-order valence-corrected chi connectivity index (χ4v) is 3.93. The van der Waals surface area contributed by atoms with E-state index in [4.69, 9.17) is 10.00 Å². The smallest absolute Gasteiger partial charge is 0.263 e. The number of carbonyl (C=O) groups is 1. The van der Waals surface area contributed by atoms with Crippen molar-refractivity contribution in [3.8, 4) is 6.07 Å². The summed E-state index contributed by atoms with van der Waals surface area (Å²) < 4.78 is 9.00. The van der Waals surface area contributed by atoms with E-state index in [9.17, 15) is 9.59 Å². The Hall–Kier alpha value is -2.92. The van der Waals surface area contributed by atoms with Crippen LogP contribution in [0, 0.1) is 18.3 Å². The van der Waals surface area contributed by atoms with E-state index in [-0.39, 0.29) is 23.1 Å². The summed E-state index contributed by atoms with van der Waals surface area (Å²) in [7, 11) is 0. The number of aryl methyl sites for hydroxylation is 2. The molecule has 0 spiro atoms. The van der Waals surface area contributed by atoms with Gasteiger partial charge in [-0.05, 0) is 43.9 Å². The summed E-state index contributed by atoms with van der Waals surface area (Å²) in [4.78, 5) is 28.0. The zero-order valence-electron chi connectivity index (χ0n) is 15.9. The molecule has 2 aliphatic rings. The van der Waals surface area contributed by atoms with Crippen LogP contribution in [-0.2, 0) is 24.4 Å². The molecule has 4 rings (SSSR count). The van der Waals surface area contributed by atoms with Crippen LogP contribution in [0.2, 0.25) is 0 Å². The monoisotopic (exact) mass is 381 g/mol. The molecule has 1 fully saturated rings. The quantitative estimate of drug-likeness (QED) is 0.802. The molecule has 2 aromatic heterocycles. The zero-order chi connectivity index (χ0) is 19.7. The normalized spacial score (nSPS) is 19.1. The molecule has 4 heterocycles. The van der Waals surface area contributed by atoms with Crippen molar-refractivity contribution in [2.45, 2.75) is 51.9 Å². The molecule has 1 atom stereocenters. The predicted octanol–water partition coefficient (Wildman–Crippen LogP) is 1.45. The Morgan fingerprint density at radius 2 is 2.25 bits per heavy atom. The zero-order valence-corrected chi connectivity index (χ0v) is 15.9. The molecule has 0 saturated carbocycles. The summed E-state index contributed by atoms with van der Waals surface area (Å²) in [6.45, 7) is 4.52. The van der Waals surface area contributed by atoms with Gasteiger partial charge in [0, 0.05) is 25.9 Å². The van der Waals surface area contributed by atoms with E-state index in [1.807, 2.05) is 12.1 Å². The van der Waals surface area contributed by atoms with Crippen LogP contribution in [0.25, 0.3) is 0 Å². The molecule has 146 valence electrons. The van der Waals surface area contributed by atoms with Gasteiger partial charge in [-0.25, -0.2) is 0 Å². The van der Waals surface area contributed by atoms with Gasteiger partial charge in [0.1, 0.15) is 11.6 Å². The highest BCUT2D eigenvalue weighted by atomic mass is 16.5. The van der Waals surface area contributed by atoms with E-state index in [2.05, 4.69) is 5.10 Å². The predicted molar refractivity (Wildman–Crippen MR) is 101 cm³/mol. The van der Waals surface area contributed by atoms with E-state index < -0.39 is 0 Å². The van der Waals surface area contributed by atoms with Crippen molar-refractivity contribution in [3.05, 3.63) is 51.2 Å². The number of hydrogen-bond donors (Lipinski definition) is 0. The Labute approximate surface area is 162 Å². The van der Waals surface area contributed by atoms with Gasteiger partial charge in [-0.1, -0.05) is 0 Å². The van der Waals surface area contributed by atoms with Gasteiger partial charge in [0.2, 0.25) is 0 Å². The Morgan fingerprint density at radius 1 is 1.39 bits per heavy atom. The fourth-order valence-electron chi connectivity index (χ4n) is 3.93. The number of carbonyl (C=O) groups excluding carboxylic acids is 1. The van der Waals surface area contributed by atoms with Gasteiger partial charge in [-0.3, -0.25) is 14.3 Å². The lowest BCUT2D eigenvalue weighted by atomic mass is 10.1. The number of fused-ring (bicyclic) bond motifs is 1. The molecule has 1 amide bonds. The fraction of sp³-hybridized carbons (Fsp3) is 0.500. The van der Waals surface area contributed by atoms with Crippen LogP contribution in [0.1, 0.15) is 46.6 Å². The lowest BCUT2D eigenvalue weighted by molar-refractivity contribution is 0.0739. The maximum atomic E-state index is 13.3. The lowest BCUT2D eigenvalue weighted by Gasteiger charge is -2.21. The van der Waals surface area contributed by atoms with Crippen molar-refractivity contribution in [3.63, 3.8) is 0 Å². The number of hydrogen-bond acceptors (Lipinski definition) is 5. The minimum Gasteiger partial charge on any atom is -0.376 e. The van der Waals surface area contributed by atoms with Crippen molar-refractivity contribution in [2.24, 2.45) is 0 Å². The van der Waals surface area contributed by atoms with Crippen LogP contribution in [0.3, 0.4) is 0 Å². The summed E-state index contributed by atoms with van der Waals surface area (Å²) >= 11 is 0. The van der Waals surface area contributed by atoms with Gasteiger partial charge in [-0.2, -0.15) is 10.4 Å². The summed E-state index contributed by atoms with van der Waals surface area (Å²) in [5.74, 6) is -0.266. The summed E-state index contributed by atoms with van der Waals surface area (Å²) in [5.41, 5.74) is 1.79. The average molecular weight is 381 g/mol. The van der Waals surface area contributed by atoms with E-state index in [1.54, 1.807) is 33.3 Å². The number of aromatic nitrogens is 3. The van der Waals surface area contributed by atoms with Crippen molar-refractivity contribution in [1.29, 1.82) is 5.26 Å². The van der Waals surface area contributed by atoms with Crippen molar-refractivity contribution < 1.29 is 9.53 Å². The number of amides is 1. The molecule has 1 unspecified atom stereocenters. The molecule has 28 heavy (non-hydrogen) atoms. The Kier molecular flexibility index (Phi) is 5.01. The first-order valence-corrected chi connectivity index (χ1v) is 9.64. The molecule has 2 aliphatic heterocycles. The lowest BCUT2D eigenvalue weighted by Crippen LogP contribution is -2.38. The maximum absolute atomic E-state index is 13.3. The van der Waals surface area contributed by atoms with Crippen LogP contribution >= 0.6 is 0 Å². The van der Waals surface area contributed by atoms with E-state index in [0.29, 0.717) is 37.4 Å². The Morgan fingerprint density at radius 3 is 3.00 bits per heavy atom. The highest BCUT2D eigenvalue weighted by Crippen LogP contribution is 2.17. The van der Waals surface area contributed by atoms with E-state index in [0.717, 1.165) is 31.6 Å². The number of nitriles is 1. The van der Waals surface area contributed by atoms with E-state index >= 15 is 0 Å². The summed E-state index contributed by atoms with van der Waals surface area (Å²) in [5, 5.41) is 13.3. The number of pyridine rings is 1. The van der Waals surface area contributed by atoms with Crippen LogP contribution in [0.4, 0.5) is 0 Å². The molecule has 8 nitrogen and oxygen atoms in total.